The molecule has 4 heteroatoms. The number of aromatic nitrogens is 2. The van der Waals surface area contributed by atoms with Crippen LogP contribution in [0.1, 0.15) is 16.8 Å². The van der Waals surface area contributed by atoms with E-state index in [0.717, 1.165) is 22.2 Å². The van der Waals surface area contributed by atoms with Crippen LogP contribution in [0.2, 0.25) is 0 Å². The number of fused-ring (bicyclic) bond motifs is 2. The number of phenolic OH excluding ortho intramolecular Hbond substituents is 1. The van der Waals surface area contributed by atoms with Gasteiger partial charge in [0, 0.05) is 40.7 Å². The van der Waals surface area contributed by atoms with Crippen molar-refractivity contribution in [2.75, 3.05) is 0 Å². The van der Waals surface area contributed by atoms with Crippen LogP contribution in [-0.4, -0.2) is 10.1 Å². The summed E-state index contributed by atoms with van der Waals surface area (Å²) in [7, 11) is 2.05. The molecule has 0 aliphatic heterocycles. The molecule has 1 N–H and O–H groups in total. The molecule has 0 unspecified atom stereocenters. The molecule has 130 valence electrons. The lowest BCUT2D eigenvalue weighted by Gasteiger charge is -2.07. The summed E-state index contributed by atoms with van der Waals surface area (Å²) in [5.74, 6) is 0.223. The van der Waals surface area contributed by atoms with Crippen LogP contribution < -0.4 is 28.5 Å². The highest BCUT2D eigenvalue weighted by Gasteiger charge is 2.11. The number of phenols is 1. The van der Waals surface area contributed by atoms with Crippen molar-refractivity contribution in [3.8, 4) is 5.75 Å². The number of hydrogen-bond acceptors (Lipinski definition) is 2. The number of rotatable bonds is 2. The second kappa shape index (κ2) is 7.41. The Labute approximate surface area is 169 Å². The average Bonchev–Trinajstić information content (AvgIpc) is 2.65. The molecule has 4 rings (SSSR count). The Balaban J connectivity index is 0.00000196. The summed E-state index contributed by atoms with van der Waals surface area (Å²) in [5.41, 5.74) is 4.76. The van der Waals surface area contributed by atoms with Crippen molar-refractivity contribution in [2.24, 2.45) is 7.05 Å². The first kappa shape index (κ1) is 18.3. The lowest BCUT2D eigenvalue weighted by atomic mass is 10.0. The maximum Gasteiger partial charge on any atom is 0.212 e. The van der Waals surface area contributed by atoms with Crippen molar-refractivity contribution in [3.63, 3.8) is 0 Å². The second-order valence-corrected chi connectivity index (χ2v) is 6.24. The molecule has 4 aromatic rings. The van der Waals surface area contributed by atoms with Gasteiger partial charge < -0.3 is 29.1 Å². The summed E-state index contributed by atoms with van der Waals surface area (Å²) < 4.78 is 2.15. The van der Waals surface area contributed by atoms with Crippen LogP contribution in [0.25, 0.3) is 34.0 Å². The summed E-state index contributed by atoms with van der Waals surface area (Å²) in [5, 5.41) is 12.8. The van der Waals surface area contributed by atoms with Gasteiger partial charge in [-0.05, 0) is 42.8 Å². The number of aromatic hydroxyl groups is 1. The van der Waals surface area contributed by atoms with E-state index in [-0.39, 0.29) is 29.7 Å². The molecule has 0 saturated carbocycles. The van der Waals surface area contributed by atoms with Crippen molar-refractivity contribution in [1.82, 2.24) is 4.98 Å². The van der Waals surface area contributed by atoms with Gasteiger partial charge in [-0.1, -0.05) is 18.2 Å². The maximum atomic E-state index is 10.6. The third-order valence-electron chi connectivity index (χ3n) is 4.66. The highest BCUT2D eigenvalue weighted by molar-refractivity contribution is 5.92. The van der Waals surface area contributed by atoms with E-state index in [1.807, 2.05) is 49.4 Å². The monoisotopic (exact) mass is 454 g/mol. The first-order valence-electron chi connectivity index (χ1n) is 8.28. The van der Waals surface area contributed by atoms with E-state index in [2.05, 4.69) is 40.9 Å². The molecule has 0 bridgehead atoms. The van der Waals surface area contributed by atoms with Gasteiger partial charge in [0.1, 0.15) is 18.3 Å². The number of benzene rings is 2. The molecule has 26 heavy (non-hydrogen) atoms. The topological polar surface area (TPSA) is 37.0 Å². The molecule has 2 heterocycles. The molecule has 0 amide bonds. The Bertz CT molecular complexity index is 1140. The van der Waals surface area contributed by atoms with Gasteiger partial charge >= 0.3 is 0 Å². The van der Waals surface area contributed by atoms with Crippen molar-refractivity contribution in [1.29, 1.82) is 0 Å². The van der Waals surface area contributed by atoms with Gasteiger partial charge in [0.2, 0.25) is 11.2 Å². The Kier molecular flexibility index (Phi) is 5.23. The van der Waals surface area contributed by atoms with Crippen molar-refractivity contribution in [3.05, 3.63) is 77.6 Å². The Morgan fingerprint density at radius 2 is 1.81 bits per heavy atom. The van der Waals surface area contributed by atoms with E-state index < -0.39 is 0 Å². The first-order chi connectivity index (χ1) is 12.1. The van der Waals surface area contributed by atoms with E-state index >= 15 is 0 Å². The largest absolute Gasteiger partial charge is 1.00 e. The first-order valence-corrected chi connectivity index (χ1v) is 8.28. The van der Waals surface area contributed by atoms with Gasteiger partial charge in [0.05, 0.1) is 0 Å². The molecule has 2 aromatic heterocycles. The third-order valence-corrected chi connectivity index (χ3v) is 4.66. The quantitative estimate of drug-likeness (QED) is 0.368. The zero-order chi connectivity index (χ0) is 17.4. The molecule has 0 aliphatic carbocycles. The Morgan fingerprint density at radius 3 is 2.65 bits per heavy atom. The van der Waals surface area contributed by atoms with E-state index in [4.69, 9.17) is 0 Å². The van der Waals surface area contributed by atoms with Crippen LogP contribution in [-0.2, 0) is 7.05 Å². The van der Waals surface area contributed by atoms with Crippen LogP contribution in [0, 0.1) is 6.92 Å². The smallest absolute Gasteiger partial charge is 0.212 e. The van der Waals surface area contributed by atoms with Crippen LogP contribution in [0.5, 0.6) is 5.75 Å². The van der Waals surface area contributed by atoms with Gasteiger partial charge in [-0.3, -0.25) is 4.98 Å². The van der Waals surface area contributed by atoms with Crippen molar-refractivity contribution >= 4 is 34.0 Å². The summed E-state index contributed by atoms with van der Waals surface area (Å²) >= 11 is 0. The standard InChI is InChI=1S/C22H18N2O.HI/c1-15-14-17(22(25)21-19(15)7-5-13-23-21)10-12-18-11-9-16-6-3-4-8-20(16)24(18)2;/h3-14H,1-2H3;1H. The van der Waals surface area contributed by atoms with E-state index in [1.54, 1.807) is 6.20 Å². The molecule has 0 fully saturated rings. The minimum atomic E-state index is 0. The fraction of sp³-hybridized carbons (Fsp3) is 0.0909. The molecule has 0 saturated heterocycles. The van der Waals surface area contributed by atoms with Crippen molar-refractivity contribution in [2.45, 2.75) is 6.92 Å². The highest BCUT2D eigenvalue weighted by Crippen LogP contribution is 2.30. The summed E-state index contributed by atoms with van der Waals surface area (Å²) in [4.78, 5) is 4.33. The number of para-hydroxylation sites is 1. The fourth-order valence-corrected chi connectivity index (χ4v) is 3.26. The van der Waals surface area contributed by atoms with E-state index in [9.17, 15) is 5.11 Å². The summed E-state index contributed by atoms with van der Waals surface area (Å²) in [6.45, 7) is 2.04. The van der Waals surface area contributed by atoms with Gasteiger partial charge in [0.15, 0.2) is 0 Å². The molecule has 0 aliphatic rings. The number of nitrogens with zero attached hydrogens (tertiary/aromatic N) is 2. The fourth-order valence-electron chi connectivity index (χ4n) is 3.26. The molecular weight excluding hydrogens is 435 g/mol. The van der Waals surface area contributed by atoms with E-state index in [0.29, 0.717) is 5.52 Å². The molecule has 0 radical (unpaired) electrons. The van der Waals surface area contributed by atoms with Crippen LogP contribution in [0.3, 0.4) is 0 Å². The predicted octanol–water partition coefficient (Wildman–Crippen LogP) is 1.40. The third kappa shape index (κ3) is 3.17. The number of halogens is 1. The number of hydrogen-bond donors (Lipinski definition) is 1. The Morgan fingerprint density at radius 1 is 1.00 bits per heavy atom. The molecular formula is C22H19IN2O. The number of pyridine rings is 2. The van der Waals surface area contributed by atoms with Gasteiger partial charge in [-0.15, -0.1) is 0 Å². The lowest BCUT2D eigenvalue weighted by Crippen LogP contribution is -3.00. The maximum absolute atomic E-state index is 10.6. The second-order valence-electron chi connectivity index (χ2n) is 6.24. The number of aryl methyl sites for hydroxylation is 2. The van der Waals surface area contributed by atoms with Gasteiger partial charge in [-0.25, -0.2) is 0 Å². The van der Waals surface area contributed by atoms with Gasteiger partial charge in [-0.2, -0.15) is 4.57 Å². The molecule has 0 spiro atoms. The molecule has 2 aromatic carbocycles. The van der Waals surface area contributed by atoms with Gasteiger partial charge in [0.25, 0.3) is 0 Å². The van der Waals surface area contributed by atoms with Crippen LogP contribution in [0.15, 0.2) is 60.8 Å². The zero-order valence-corrected chi connectivity index (χ0v) is 16.8. The summed E-state index contributed by atoms with van der Waals surface area (Å²) in [6.07, 6.45) is 5.68. The van der Waals surface area contributed by atoms with Crippen molar-refractivity contribution < 1.29 is 33.7 Å². The molecule has 3 nitrogen and oxygen atoms in total. The average molecular weight is 454 g/mol. The minimum absolute atomic E-state index is 0. The lowest BCUT2D eigenvalue weighted by molar-refractivity contribution is -0.646. The summed E-state index contributed by atoms with van der Waals surface area (Å²) in [6, 6.07) is 18.4. The molecule has 0 atom stereocenters. The SMILES string of the molecule is Cc1cc(/C=C\c2ccc3ccccc3[n+]2C)c(O)c2ncccc12.[I-]. The van der Waals surface area contributed by atoms with Crippen LogP contribution in [0.4, 0.5) is 0 Å². The minimum Gasteiger partial charge on any atom is -1.00 e. The normalized spacial score (nSPS) is 11.2. The van der Waals surface area contributed by atoms with Crippen LogP contribution >= 0.6 is 0 Å². The highest BCUT2D eigenvalue weighted by atomic mass is 127. The van der Waals surface area contributed by atoms with E-state index in [1.165, 1.54) is 10.9 Å². The predicted molar refractivity (Wildman–Crippen MR) is 102 cm³/mol. The Hall–Kier alpha value is -2.47. The zero-order valence-electron chi connectivity index (χ0n) is 14.6.